The van der Waals surface area contributed by atoms with E-state index in [1.807, 2.05) is 10.8 Å². The van der Waals surface area contributed by atoms with E-state index in [-0.39, 0.29) is 5.75 Å². The van der Waals surface area contributed by atoms with Crippen molar-refractivity contribution in [2.24, 2.45) is 0 Å². The largest absolute Gasteiger partial charge is 0.481 e. The van der Waals surface area contributed by atoms with Crippen molar-refractivity contribution >= 4 is 29.5 Å². The van der Waals surface area contributed by atoms with Crippen LogP contribution in [0.3, 0.4) is 0 Å². The molecule has 0 fully saturated rings. The van der Waals surface area contributed by atoms with Gasteiger partial charge >= 0.3 is 5.97 Å². The molecule has 0 saturated carbocycles. The Bertz CT molecular complexity index is 329. The molecule has 1 aromatic heterocycles. The van der Waals surface area contributed by atoms with Gasteiger partial charge in [-0.05, 0) is 6.26 Å². The Morgan fingerprint density at radius 1 is 1.73 bits per heavy atom. The van der Waals surface area contributed by atoms with Crippen LogP contribution in [0.2, 0.25) is 0 Å². The topological polar surface area (TPSA) is 68.0 Å². The molecule has 0 spiro atoms. The minimum absolute atomic E-state index is 0.0202. The van der Waals surface area contributed by atoms with Crippen LogP contribution in [0.25, 0.3) is 0 Å². The van der Waals surface area contributed by atoms with Gasteiger partial charge in [0.1, 0.15) is 6.33 Å². The Hall–Kier alpha value is -0.690. The van der Waals surface area contributed by atoms with Crippen molar-refractivity contribution in [3.05, 3.63) is 6.33 Å². The van der Waals surface area contributed by atoms with Gasteiger partial charge in [0.2, 0.25) is 0 Å². The molecule has 5 nitrogen and oxygen atoms in total. The predicted octanol–water partition coefficient (Wildman–Crippen LogP) is 1.21. The molecule has 7 heteroatoms. The molecule has 15 heavy (non-hydrogen) atoms. The molecular formula is C8H13N3O2S2. The van der Waals surface area contributed by atoms with E-state index >= 15 is 0 Å². The molecule has 0 radical (unpaired) electrons. The monoisotopic (exact) mass is 247 g/mol. The van der Waals surface area contributed by atoms with Crippen molar-refractivity contribution in [1.29, 1.82) is 0 Å². The van der Waals surface area contributed by atoms with Gasteiger partial charge in [-0.2, -0.15) is 11.8 Å². The van der Waals surface area contributed by atoms with Crippen LogP contribution in [-0.2, 0) is 11.3 Å². The molecular weight excluding hydrogens is 234 g/mol. The first kappa shape index (κ1) is 12.4. The lowest BCUT2D eigenvalue weighted by molar-refractivity contribution is -0.133. The lowest BCUT2D eigenvalue weighted by Gasteiger charge is -2.09. The van der Waals surface area contributed by atoms with Gasteiger partial charge in [0.15, 0.2) is 5.16 Å². The average molecular weight is 247 g/mol. The summed E-state index contributed by atoms with van der Waals surface area (Å²) in [7, 11) is 0. The number of carboxylic acid groups (broad SMARTS) is 1. The molecule has 1 rings (SSSR count). The van der Waals surface area contributed by atoms with E-state index in [1.54, 1.807) is 18.1 Å². The van der Waals surface area contributed by atoms with Gasteiger partial charge in [-0.15, -0.1) is 10.2 Å². The van der Waals surface area contributed by atoms with Crippen LogP contribution in [0.1, 0.15) is 6.92 Å². The summed E-state index contributed by atoms with van der Waals surface area (Å²) in [6.07, 6.45) is 3.68. The number of aliphatic carboxylic acids is 1. The number of aromatic nitrogens is 3. The van der Waals surface area contributed by atoms with E-state index in [1.165, 1.54) is 11.8 Å². The smallest absolute Gasteiger partial charge is 0.313 e. The first-order valence-corrected chi connectivity index (χ1v) is 6.66. The Balaban J connectivity index is 2.56. The molecule has 0 aliphatic carbocycles. The highest BCUT2D eigenvalue weighted by Crippen LogP contribution is 2.17. The standard InChI is InChI=1S/C8H13N3O2S2/c1-6(14-2)3-11-5-9-10-8(11)15-4-7(12)13/h5-6H,3-4H2,1-2H3,(H,12,13). The van der Waals surface area contributed by atoms with Gasteiger partial charge in [-0.1, -0.05) is 18.7 Å². The van der Waals surface area contributed by atoms with E-state index in [0.717, 1.165) is 6.54 Å². The Kier molecular flexibility index (Phi) is 4.97. The van der Waals surface area contributed by atoms with Crippen molar-refractivity contribution in [1.82, 2.24) is 14.8 Å². The molecule has 0 saturated heterocycles. The van der Waals surface area contributed by atoms with E-state index in [2.05, 4.69) is 17.1 Å². The number of nitrogens with zero attached hydrogens (tertiary/aromatic N) is 3. The normalized spacial score (nSPS) is 12.7. The van der Waals surface area contributed by atoms with Gasteiger partial charge in [0.25, 0.3) is 0 Å². The average Bonchev–Trinajstić information content (AvgIpc) is 2.62. The third-order valence-electron chi connectivity index (χ3n) is 1.76. The van der Waals surface area contributed by atoms with Crippen molar-refractivity contribution in [3.63, 3.8) is 0 Å². The SMILES string of the molecule is CSC(C)Cn1cnnc1SCC(=O)O. The van der Waals surface area contributed by atoms with Crippen LogP contribution in [0.4, 0.5) is 0 Å². The number of carboxylic acids is 1. The molecule has 1 N–H and O–H groups in total. The zero-order valence-electron chi connectivity index (χ0n) is 8.58. The minimum Gasteiger partial charge on any atom is -0.481 e. The van der Waals surface area contributed by atoms with Crippen LogP contribution in [-0.4, -0.2) is 43.1 Å². The lowest BCUT2D eigenvalue weighted by atomic mass is 10.5. The first-order chi connectivity index (χ1) is 7.13. The molecule has 0 aromatic carbocycles. The maximum Gasteiger partial charge on any atom is 0.313 e. The van der Waals surface area contributed by atoms with Crippen molar-refractivity contribution in [2.45, 2.75) is 23.9 Å². The second-order valence-electron chi connectivity index (χ2n) is 2.99. The van der Waals surface area contributed by atoms with Crippen molar-refractivity contribution in [3.8, 4) is 0 Å². The Morgan fingerprint density at radius 2 is 2.47 bits per heavy atom. The third-order valence-corrected chi connectivity index (χ3v) is 3.68. The van der Waals surface area contributed by atoms with Gasteiger partial charge in [0.05, 0.1) is 5.75 Å². The van der Waals surface area contributed by atoms with Crippen LogP contribution in [0.5, 0.6) is 0 Å². The van der Waals surface area contributed by atoms with Gasteiger partial charge in [0, 0.05) is 11.8 Å². The van der Waals surface area contributed by atoms with Gasteiger partial charge in [-0.3, -0.25) is 4.79 Å². The van der Waals surface area contributed by atoms with Gasteiger partial charge < -0.3 is 9.67 Å². The van der Waals surface area contributed by atoms with Crippen LogP contribution < -0.4 is 0 Å². The van der Waals surface area contributed by atoms with Crippen LogP contribution in [0, 0.1) is 0 Å². The summed E-state index contributed by atoms with van der Waals surface area (Å²) in [5.74, 6) is -0.820. The Labute approximate surface area is 96.6 Å². The van der Waals surface area contributed by atoms with Crippen LogP contribution in [0.15, 0.2) is 11.5 Å². The fourth-order valence-electron chi connectivity index (χ4n) is 0.959. The molecule has 0 aliphatic rings. The summed E-state index contributed by atoms with van der Waals surface area (Å²) in [4.78, 5) is 10.4. The molecule has 1 aromatic rings. The maximum absolute atomic E-state index is 10.4. The molecule has 84 valence electrons. The predicted molar refractivity (Wildman–Crippen MR) is 61.4 cm³/mol. The summed E-state index contributed by atoms with van der Waals surface area (Å²) < 4.78 is 1.88. The highest BCUT2D eigenvalue weighted by atomic mass is 32.2. The minimum atomic E-state index is -0.840. The number of hydrogen-bond donors (Lipinski definition) is 1. The summed E-state index contributed by atoms with van der Waals surface area (Å²) in [5.41, 5.74) is 0. The second-order valence-corrected chi connectivity index (χ2v) is 5.21. The summed E-state index contributed by atoms with van der Waals surface area (Å²) in [6.45, 7) is 2.91. The third kappa shape index (κ3) is 4.13. The zero-order valence-corrected chi connectivity index (χ0v) is 10.2. The molecule has 0 bridgehead atoms. The van der Waals surface area contributed by atoms with E-state index in [0.29, 0.717) is 10.4 Å². The number of thioether (sulfide) groups is 2. The molecule has 1 atom stereocenters. The maximum atomic E-state index is 10.4. The first-order valence-electron chi connectivity index (χ1n) is 4.38. The highest BCUT2D eigenvalue weighted by Gasteiger charge is 2.09. The summed E-state index contributed by atoms with van der Waals surface area (Å²) in [5, 5.41) is 17.3. The number of hydrogen-bond acceptors (Lipinski definition) is 5. The molecule has 0 amide bonds. The lowest BCUT2D eigenvalue weighted by Crippen LogP contribution is -2.10. The van der Waals surface area contributed by atoms with Crippen LogP contribution >= 0.6 is 23.5 Å². The molecule has 1 unspecified atom stereocenters. The van der Waals surface area contributed by atoms with Gasteiger partial charge in [-0.25, -0.2) is 0 Å². The molecule has 1 heterocycles. The number of rotatable bonds is 6. The summed E-state index contributed by atoms with van der Waals surface area (Å²) >= 11 is 2.95. The van der Waals surface area contributed by atoms with Crippen molar-refractivity contribution < 1.29 is 9.90 Å². The Morgan fingerprint density at radius 3 is 3.07 bits per heavy atom. The fourth-order valence-corrected chi connectivity index (χ4v) is 1.91. The molecule has 0 aliphatic heterocycles. The van der Waals surface area contributed by atoms with E-state index < -0.39 is 5.97 Å². The summed E-state index contributed by atoms with van der Waals surface area (Å²) in [6, 6.07) is 0. The van der Waals surface area contributed by atoms with Crippen molar-refractivity contribution in [2.75, 3.05) is 12.0 Å². The van der Waals surface area contributed by atoms with E-state index in [4.69, 9.17) is 5.11 Å². The fraction of sp³-hybridized carbons (Fsp3) is 0.625. The quantitative estimate of drug-likeness (QED) is 0.762. The zero-order chi connectivity index (χ0) is 11.3. The number of carbonyl (C=O) groups is 1. The second kappa shape index (κ2) is 6.02. The highest BCUT2D eigenvalue weighted by molar-refractivity contribution is 7.99. The van der Waals surface area contributed by atoms with E-state index in [9.17, 15) is 4.79 Å².